The van der Waals surface area contributed by atoms with Crippen molar-refractivity contribution in [3.63, 3.8) is 0 Å². The number of hydrogen-bond donors (Lipinski definition) is 1. The normalized spacial score (nSPS) is 15.1. The first-order valence-corrected chi connectivity index (χ1v) is 5.52. The minimum atomic E-state index is -0.333. The molecule has 1 rings (SSSR count). The molecule has 0 bridgehead atoms. The van der Waals surface area contributed by atoms with E-state index in [2.05, 4.69) is 0 Å². The second-order valence-corrected chi connectivity index (χ2v) is 4.54. The van der Waals surface area contributed by atoms with E-state index in [-0.39, 0.29) is 11.4 Å². The molecule has 0 aliphatic rings. The Morgan fingerprint density at radius 1 is 1.57 bits per heavy atom. The molecule has 0 fully saturated rings. The molecule has 1 aromatic rings. The highest BCUT2D eigenvalue weighted by atomic mass is 32.2. The van der Waals surface area contributed by atoms with E-state index in [4.69, 9.17) is 4.42 Å². The molecule has 78 valence electrons. The Bertz CT molecular complexity index is 293. The largest absolute Gasteiger partial charge is 0.457 e. The number of carbonyl (C=O) groups excluding carboxylic acids is 1. The number of hydrogen-bond acceptors (Lipinski definition) is 4. The lowest BCUT2D eigenvalue weighted by Crippen LogP contribution is -2.15. The highest BCUT2D eigenvalue weighted by Gasteiger charge is 2.10. The summed E-state index contributed by atoms with van der Waals surface area (Å²) < 4.78 is 5.19. The van der Waals surface area contributed by atoms with Gasteiger partial charge in [-0.25, -0.2) is 0 Å². The van der Waals surface area contributed by atoms with Gasteiger partial charge in [0.05, 0.1) is 11.9 Å². The van der Waals surface area contributed by atoms with Crippen molar-refractivity contribution < 1.29 is 14.3 Å². The summed E-state index contributed by atoms with van der Waals surface area (Å²) in [7, 11) is 0. The van der Waals surface area contributed by atoms with E-state index < -0.39 is 0 Å². The van der Waals surface area contributed by atoms with Gasteiger partial charge < -0.3 is 9.52 Å². The maximum absolute atomic E-state index is 10.3. The average molecular weight is 214 g/mol. The van der Waals surface area contributed by atoms with Crippen molar-refractivity contribution >= 4 is 18.0 Å². The summed E-state index contributed by atoms with van der Waals surface area (Å²) in [6.07, 6.45) is 0.354. The molecule has 0 saturated carbocycles. The van der Waals surface area contributed by atoms with E-state index in [0.717, 1.165) is 5.76 Å². The number of aliphatic hydroxyl groups is 1. The lowest BCUT2D eigenvalue weighted by atomic mass is 10.3. The fourth-order valence-electron chi connectivity index (χ4n) is 0.888. The van der Waals surface area contributed by atoms with Gasteiger partial charge in [0.1, 0.15) is 5.76 Å². The zero-order valence-corrected chi connectivity index (χ0v) is 9.08. The summed E-state index contributed by atoms with van der Waals surface area (Å²) in [5.74, 6) is 1.80. The first kappa shape index (κ1) is 11.3. The zero-order chi connectivity index (χ0) is 10.6. The predicted molar refractivity (Wildman–Crippen MR) is 56.5 cm³/mol. The predicted octanol–water partition coefficient (Wildman–Crippen LogP) is 2.09. The Morgan fingerprint density at radius 3 is 2.79 bits per heavy atom. The van der Waals surface area contributed by atoms with Crippen LogP contribution in [0, 0.1) is 0 Å². The van der Waals surface area contributed by atoms with Crippen LogP contribution in [0.3, 0.4) is 0 Å². The monoisotopic (exact) mass is 214 g/mol. The smallest absolute Gasteiger partial charge is 0.185 e. The molecule has 0 aromatic carbocycles. The summed E-state index contributed by atoms with van der Waals surface area (Å²) in [6.45, 7) is 3.72. The quantitative estimate of drug-likeness (QED) is 0.762. The molecule has 1 heterocycles. The van der Waals surface area contributed by atoms with Crippen LogP contribution >= 0.6 is 11.8 Å². The van der Waals surface area contributed by atoms with Gasteiger partial charge in [0.25, 0.3) is 0 Å². The summed E-state index contributed by atoms with van der Waals surface area (Å²) in [4.78, 5) is 10.3. The van der Waals surface area contributed by atoms with Gasteiger partial charge in [-0.15, -0.1) is 11.8 Å². The van der Waals surface area contributed by atoms with E-state index in [9.17, 15) is 9.90 Å². The van der Waals surface area contributed by atoms with Crippen LogP contribution in [0.2, 0.25) is 0 Å². The standard InChI is InChI=1S/C10H14O3S/c1-7(12)8(2)14-6-10-4-3-9(5-11)13-10/h3-5,7-8,12H,6H2,1-2H3. The van der Waals surface area contributed by atoms with Crippen LogP contribution in [0.1, 0.15) is 30.2 Å². The third kappa shape index (κ3) is 3.20. The summed E-state index contributed by atoms with van der Waals surface area (Å²) in [5, 5.41) is 9.41. The Balaban J connectivity index is 2.41. The lowest BCUT2D eigenvalue weighted by molar-refractivity contribution is 0.109. The summed E-state index contributed by atoms with van der Waals surface area (Å²) >= 11 is 1.60. The summed E-state index contributed by atoms with van der Waals surface area (Å²) in [6, 6.07) is 3.43. The van der Waals surface area contributed by atoms with Crippen molar-refractivity contribution in [3.8, 4) is 0 Å². The second-order valence-electron chi connectivity index (χ2n) is 3.18. The fraction of sp³-hybridized carbons (Fsp3) is 0.500. The molecule has 0 aliphatic heterocycles. The van der Waals surface area contributed by atoms with E-state index in [1.54, 1.807) is 30.8 Å². The molecule has 2 unspecified atom stereocenters. The Kier molecular flexibility index (Phi) is 4.22. The van der Waals surface area contributed by atoms with E-state index in [0.29, 0.717) is 17.8 Å². The zero-order valence-electron chi connectivity index (χ0n) is 8.27. The number of aldehydes is 1. The molecule has 1 N–H and O–H groups in total. The van der Waals surface area contributed by atoms with Crippen molar-refractivity contribution in [2.24, 2.45) is 0 Å². The van der Waals surface area contributed by atoms with E-state index in [1.807, 2.05) is 6.92 Å². The van der Waals surface area contributed by atoms with Gasteiger partial charge in [-0.2, -0.15) is 0 Å². The Labute approximate surface area is 87.5 Å². The Hall–Kier alpha value is -0.740. The van der Waals surface area contributed by atoms with Crippen molar-refractivity contribution in [1.82, 2.24) is 0 Å². The molecule has 2 atom stereocenters. The average Bonchev–Trinajstić information content (AvgIpc) is 2.61. The van der Waals surface area contributed by atoms with E-state index in [1.165, 1.54) is 0 Å². The SMILES string of the molecule is CC(O)C(C)SCc1ccc(C=O)o1. The minimum absolute atomic E-state index is 0.166. The minimum Gasteiger partial charge on any atom is -0.457 e. The van der Waals surface area contributed by atoms with Crippen LogP contribution in [0.5, 0.6) is 0 Å². The number of carbonyl (C=O) groups is 1. The lowest BCUT2D eigenvalue weighted by Gasteiger charge is -2.12. The Morgan fingerprint density at radius 2 is 2.29 bits per heavy atom. The van der Waals surface area contributed by atoms with Gasteiger partial charge in [0.15, 0.2) is 12.0 Å². The van der Waals surface area contributed by atoms with Crippen LogP contribution in [0.25, 0.3) is 0 Å². The number of aliphatic hydroxyl groups excluding tert-OH is 1. The fourth-order valence-corrected chi connectivity index (χ4v) is 1.75. The van der Waals surface area contributed by atoms with Gasteiger partial charge >= 0.3 is 0 Å². The highest BCUT2D eigenvalue weighted by Crippen LogP contribution is 2.20. The van der Waals surface area contributed by atoms with Crippen LogP contribution < -0.4 is 0 Å². The maximum atomic E-state index is 10.3. The van der Waals surface area contributed by atoms with E-state index >= 15 is 0 Å². The molecule has 14 heavy (non-hydrogen) atoms. The molecule has 4 heteroatoms. The third-order valence-corrected chi connectivity index (χ3v) is 3.34. The molecular formula is C10H14O3S. The summed E-state index contributed by atoms with van der Waals surface area (Å²) in [5.41, 5.74) is 0. The molecule has 0 radical (unpaired) electrons. The number of thioether (sulfide) groups is 1. The van der Waals surface area contributed by atoms with Gasteiger partial charge in [0, 0.05) is 5.25 Å². The van der Waals surface area contributed by atoms with Gasteiger partial charge in [0.2, 0.25) is 0 Å². The van der Waals surface area contributed by atoms with Crippen LogP contribution in [-0.2, 0) is 5.75 Å². The molecule has 0 amide bonds. The van der Waals surface area contributed by atoms with Crippen molar-refractivity contribution in [2.45, 2.75) is 31.0 Å². The number of rotatable bonds is 5. The topological polar surface area (TPSA) is 50.4 Å². The third-order valence-electron chi connectivity index (χ3n) is 1.97. The molecule has 0 saturated heterocycles. The molecule has 1 aromatic heterocycles. The van der Waals surface area contributed by atoms with Gasteiger partial charge in [-0.1, -0.05) is 6.92 Å². The van der Waals surface area contributed by atoms with Crippen molar-refractivity contribution in [3.05, 3.63) is 23.7 Å². The highest BCUT2D eigenvalue weighted by molar-refractivity contribution is 7.99. The van der Waals surface area contributed by atoms with Gasteiger partial charge in [-0.3, -0.25) is 4.79 Å². The molecule has 0 aliphatic carbocycles. The molecule has 3 nitrogen and oxygen atoms in total. The first-order chi connectivity index (χ1) is 6.63. The van der Waals surface area contributed by atoms with Crippen molar-refractivity contribution in [1.29, 1.82) is 0 Å². The maximum Gasteiger partial charge on any atom is 0.185 e. The molecule has 0 spiro atoms. The van der Waals surface area contributed by atoms with Crippen LogP contribution in [0.15, 0.2) is 16.5 Å². The number of furan rings is 1. The van der Waals surface area contributed by atoms with Gasteiger partial charge in [-0.05, 0) is 19.1 Å². The first-order valence-electron chi connectivity index (χ1n) is 4.47. The van der Waals surface area contributed by atoms with Crippen LogP contribution in [-0.4, -0.2) is 22.7 Å². The second kappa shape index (κ2) is 5.22. The van der Waals surface area contributed by atoms with Crippen molar-refractivity contribution in [2.75, 3.05) is 0 Å². The van der Waals surface area contributed by atoms with Crippen LogP contribution in [0.4, 0.5) is 0 Å². The molecular weight excluding hydrogens is 200 g/mol.